The number of halogens is 3. The van der Waals surface area contributed by atoms with Crippen molar-refractivity contribution in [3.8, 4) is 0 Å². The Morgan fingerprint density at radius 2 is 1.88 bits per heavy atom. The second-order valence-electron chi connectivity index (χ2n) is 8.80. The molecule has 1 atom stereocenters. The number of rotatable bonds is 4. The van der Waals surface area contributed by atoms with Gasteiger partial charge in [-0.1, -0.05) is 30.3 Å². The Morgan fingerprint density at radius 3 is 2.47 bits per heavy atom. The van der Waals surface area contributed by atoms with E-state index in [1.165, 1.54) is 4.90 Å². The van der Waals surface area contributed by atoms with Crippen molar-refractivity contribution in [3.05, 3.63) is 57.5 Å². The Labute approximate surface area is 184 Å². The third kappa shape index (κ3) is 5.60. The van der Waals surface area contributed by atoms with Crippen LogP contribution < -0.4 is 11.3 Å². The van der Waals surface area contributed by atoms with Gasteiger partial charge in [-0.15, -0.1) is 0 Å². The molecule has 0 radical (unpaired) electrons. The Bertz CT molecular complexity index is 1030. The highest BCUT2D eigenvalue weighted by molar-refractivity contribution is 5.68. The van der Waals surface area contributed by atoms with Gasteiger partial charge in [-0.2, -0.15) is 13.2 Å². The molecule has 3 rings (SSSR count). The molecule has 2 aromatic rings. The van der Waals surface area contributed by atoms with E-state index in [4.69, 9.17) is 10.5 Å². The smallest absolute Gasteiger partial charge is 0.410 e. The van der Waals surface area contributed by atoms with E-state index in [-0.39, 0.29) is 24.5 Å². The van der Waals surface area contributed by atoms with Gasteiger partial charge in [-0.25, -0.2) is 9.78 Å². The van der Waals surface area contributed by atoms with Gasteiger partial charge in [-0.05, 0) is 32.8 Å². The number of alkyl halides is 3. The number of nitrogens with two attached hydrogens (primary N) is 1. The summed E-state index contributed by atoms with van der Waals surface area (Å²) in [6.07, 6.45) is -6.11. The Morgan fingerprint density at radius 1 is 1.22 bits per heavy atom. The lowest BCUT2D eigenvalue weighted by atomic mass is 10.0. The molecule has 1 amide bonds. The molecule has 2 heterocycles. The average molecular weight is 452 g/mol. The highest BCUT2D eigenvalue weighted by Gasteiger charge is 2.33. The third-order valence-corrected chi connectivity index (χ3v) is 5.14. The van der Waals surface area contributed by atoms with Crippen molar-refractivity contribution in [1.29, 1.82) is 0 Å². The van der Waals surface area contributed by atoms with Gasteiger partial charge >= 0.3 is 12.3 Å². The van der Waals surface area contributed by atoms with Gasteiger partial charge in [0.2, 0.25) is 5.95 Å². The molecule has 1 aliphatic heterocycles. The van der Waals surface area contributed by atoms with Gasteiger partial charge < -0.3 is 15.4 Å². The Hall–Kier alpha value is -3.04. The van der Waals surface area contributed by atoms with Gasteiger partial charge in [0.25, 0.3) is 5.56 Å². The molecular weight excluding hydrogens is 425 g/mol. The summed E-state index contributed by atoms with van der Waals surface area (Å²) in [7, 11) is 0. The number of fused-ring (bicyclic) bond motifs is 1. The maximum atomic E-state index is 13.4. The number of nitrogen functional groups attached to an aromatic ring is 1. The zero-order valence-electron chi connectivity index (χ0n) is 18.3. The Balaban J connectivity index is 2.00. The number of ether oxygens (including phenoxy) is 1. The number of nitrogens with zero attached hydrogens (tertiary/aromatic N) is 3. The minimum absolute atomic E-state index is 0.0445. The first-order chi connectivity index (χ1) is 14.9. The number of hydrogen-bond donors (Lipinski definition) is 1. The molecule has 1 aliphatic rings. The van der Waals surface area contributed by atoms with Crippen molar-refractivity contribution in [2.24, 2.45) is 0 Å². The minimum Gasteiger partial charge on any atom is -0.444 e. The summed E-state index contributed by atoms with van der Waals surface area (Å²) in [5.41, 5.74) is 6.03. The molecule has 10 heteroatoms. The molecule has 0 bridgehead atoms. The number of anilines is 1. The molecular formula is C22H27F3N4O3. The zero-order chi connectivity index (χ0) is 23.7. The summed E-state index contributed by atoms with van der Waals surface area (Å²) in [4.78, 5) is 31.6. The van der Waals surface area contributed by atoms with Crippen molar-refractivity contribution in [2.45, 2.75) is 64.4 Å². The maximum Gasteiger partial charge on any atom is 0.410 e. The summed E-state index contributed by atoms with van der Waals surface area (Å²) in [5.74, 6) is -0.143. The second-order valence-corrected chi connectivity index (χ2v) is 8.80. The van der Waals surface area contributed by atoms with E-state index in [9.17, 15) is 22.8 Å². The number of carbonyl (C=O) groups excluding carboxylic acids is 1. The first-order valence-electron chi connectivity index (χ1n) is 10.3. The molecule has 0 spiro atoms. The van der Waals surface area contributed by atoms with Gasteiger partial charge in [0.05, 0.1) is 23.8 Å². The SMILES string of the molecule is CC(C)(C)OC(=O)N1CCc2nc(N)n(C(CCC(F)(F)F)c3ccccc3)c(=O)c2C1. The van der Waals surface area contributed by atoms with Crippen LogP contribution in [0.3, 0.4) is 0 Å². The lowest BCUT2D eigenvalue weighted by Crippen LogP contribution is -2.44. The van der Waals surface area contributed by atoms with Gasteiger partial charge in [0.1, 0.15) is 5.60 Å². The number of hydrogen-bond acceptors (Lipinski definition) is 5. The van der Waals surface area contributed by atoms with Crippen LogP contribution in [-0.2, 0) is 17.7 Å². The summed E-state index contributed by atoms with van der Waals surface area (Å²) in [6.45, 7) is 5.47. The lowest BCUT2D eigenvalue weighted by molar-refractivity contribution is -0.136. The summed E-state index contributed by atoms with van der Waals surface area (Å²) in [6, 6.07) is 7.47. The van der Waals surface area contributed by atoms with E-state index in [1.807, 2.05) is 0 Å². The largest absolute Gasteiger partial charge is 0.444 e. The standard InChI is InChI=1S/C22H27F3N4O3/c1-21(2,3)32-20(31)28-12-10-16-15(13-28)18(30)29(19(26)27-16)17(9-11-22(23,24)25)14-7-5-4-6-8-14/h4-8,17H,9-13H2,1-3H3,(H2,26,27). The molecule has 1 aromatic carbocycles. The molecule has 2 N–H and O–H groups in total. The molecule has 32 heavy (non-hydrogen) atoms. The zero-order valence-corrected chi connectivity index (χ0v) is 18.3. The summed E-state index contributed by atoms with van der Waals surface area (Å²) in [5, 5.41) is 0. The fourth-order valence-electron chi connectivity index (χ4n) is 3.71. The van der Waals surface area contributed by atoms with Crippen molar-refractivity contribution in [3.63, 3.8) is 0 Å². The van der Waals surface area contributed by atoms with E-state index < -0.39 is 35.9 Å². The molecule has 7 nitrogen and oxygen atoms in total. The number of aromatic nitrogens is 2. The van der Waals surface area contributed by atoms with Gasteiger partial charge in [0.15, 0.2) is 0 Å². The second kappa shape index (κ2) is 8.84. The normalized spacial score (nSPS) is 15.2. The average Bonchev–Trinajstić information content (AvgIpc) is 2.68. The van der Waals surface area contributed by atoms with Crippen LogP contribution in [0.5, 0.6) is 0 Å². The molecule has 0 aliphatic carbocycles. The van der Waals surface area contributed by atoms with Crippen LogP contribution in [0.25, 0.3) is 0 Å². The Kier molecular flexibility index (Phi) is 6.52. The lowest BCUT2D eigenvalue weighted by Gasteiger charge is -2.31. The maximum absolute atomic E-state index is 13.4. The summed E-state index contributed by atoms with van der Waals surface area (Å²) >= 11 is 0. The van der Waals surface area contributed by atoms with Crippen LogP contribution in [0, 0.1) is 0 Å². The highest BCUT2D eigenvalue weighted by Crippen LogP contribution is 2.31. The molecule has 1 aromatic heterocycles. The number of benzene rings is 1. The van der Waals surface area contributed by atoms with E-state index in [1.54, 1.807) is 51.1 Å². The van der Waals surface area contributed by atoms with E-state index in [2.05, 4.69) is 4.98 Å². The van der Waals surface area contributed by atoms with Crippen LogP contribution in [0.1, 0.15) is 56.5 Å². The summed E-state index contributed by atoms with van der Waals surface area (Å²) < 4.78 is 45.5. The third-order valence-electron chi connectivity index (χ3n) is 5.14. The van der Waals surface area contributed by atoms with Crippen molar-refractivity contribution in [1.82, 2.24) is 14.5 Å². The predicted molar refractivity (Wildman–Crippen MR) is 113 cm³/mol. The molecule has 1 unspecified atom stereocenters. The molecule has 0 saturated carbocycles. The van der Waals surface area contributed by atoms with Crippen molar-refractivity contribution >= 4 is 12.0 Å². The highest BCUT2D eigenvalue weighted by atomic mass is 19.4. The molecule has 0 saturated heterocycles. The minimum atomic E-state index is -4.39. The topological polar surface area (TPSA) is 90.4 Å². The fraction of sp³-hybridized carbons (Fsp3) is 0.500. The van der Waals surface area contributed by atoms with Crippen molar-refractivity contribution < 1.29 is 22.7 Å². The fourth-order valence-corrected chi connectivity index (χ4v) is 3.71. The van der Waals surface area contributed by atoms with Crippen LogP contribution in [-0.4, -0.2) is 38.9 Å². The quantitative estimate of drug-likeness (QED) is 0.756. The molecule has 174 valence electrons. The first-order valence-corrected chi connectivity index (χ1v) is 10.3. The van der Waals surface area contributed by atoms with E-state index in [0.29, 0.717) is 24.2 Å². The van der Waals surface area contributed by atoms with Crippen LogP contribution in [0.2, 0.25) is 0 Å². The van der Waals surface area contributed by atoms with Crippen LogP contribution >= 0.6 is 0 Å². The van der Waals surface area contributed by atoms with E-state index >= 15 is 0 Å². The van der Waals surface area contributed by atoms with Crippen LogP contribution in [0.4, 0.5) is 23.9 Å². The molecule has 0 fully saturated rings. The van der Waals surface area contributed by atoms with Gasteiger partial charge in [0, 0.05) is 19.4 Å². The van der Waals surface area contributed by atoms with Crippen molar-refractivity contribution in [2.75, 3.05) is 12.3 Å². The first kappa shape index (κ1) is 23.6. The predicted octanol–water partition coefficient (Wildman–Crippen LogP) is 4.05. The number of carbonyl (C=O) groups is 1. The van der Waals surface area contributed by atoms with E-state index in [0.717, 1.165) is 4.57 Å². The van der Waals surface area contributed by atoms with Gasteiger partial charge in [-0.3, -0.25) is 9.36 Å². The monoisotopic (exact) mass is 452 g/mol. The number of amides is 1. The van der Waals surface area contributed by atoms with Crippen LogP contribution in [0.15, 0.2) is 35.1 Å².